The highest BCUT2D eigenvalue weighted by molar-refractivity contribution is 5.89. The van der Waals surface area contributed by atoms with Gasteiger partial charge in [-0.05, 0) is 30.7 Å². The number of hydrogen-bond donors (Lipinski definition) is 2. The van der Waals surface area contributed by atoms with Crippen molar-refractivity contribution in [3.05, 3.63) is 30.0 Å². The molecule has 0 aliphatic heterocycles. The minimum absolute atomic E-state index is 0.195. The normalized spacial score (nSPS) is 12.0. The maximum absolute atomic E-state index is 12.2. The van der Waals surface area contributed by atoms with Gasteiger partial charge in [-0.3, -0.25) is 0 Å². The van der Waals surface area contributed by atoms with Crippen molar-refractivity contribution in [2.75, 3.05) is 6.54 Å². The summed E-state index contributed by atoms with van der Waals surface area (Å²) in [6, 6.07) is 4.49. The summed E-state index contributed by atoms with van der Waals surface area (Å²) in [6.07, 6.45) is -2.54. The molecular formula is C11H11F3N2O. The van der Waals surface area contributed by atoms with Gasteiger partial charge < -0.3 is 15.5 Å². The Morgan fingerprint density at radius 1 is 1.29 bits per heavy atom. The Bertz CT molecular complexity index is 519. The lowest BCUT2D eigenvalue weighted by Gasteiger charge is -2.10. The average Bonchev–Trinajstić information content (AvgIpc) is 2.61. The first-order chi connectivity index (χ1) is 8.01. The molecule has 2 aromatic rings. The minimum atomic E-state index is -4.69. The van der Waals surface area contributed by atoms with E-state index in [9.17, 15) is 13.2 Å². The van der Waals surface area contributed by atoms with Crippen molar-refractivity contribution in [2.45, 2.75) is 12.8 Å². The fraction of sp³-hybridized carbons (Fsp3) is 0.273. The van der Waals surface area contributed by atoms with Crippen LogP contribution in [0.5, 0.6) is 5.75 Å². The van der Waals surface area contributed by atoms with Gasteiger partial charge in [0.25, 0.3) is 0 Å². The monoisotopic (exact) mass is 244 g/mol. The van der Waals surface area contributed by atoms with Gasteiger partial charge in [0.05, 0.1) is 0 Å². The van der Waals surface area contributed by atoms with Crippen molar-refractivity contribution in [1.82, 2.24) is 4.98 Å². The highest BCUT2D eigenvalue weighted by Crippen LogP contribution is 2.32. The number of nitrogens with two attached hydrogens (primary N) is 1. The summed E-state index contributed by atoms with van der Waals surface area (Å²) < 4.78 is 40.7. The van der Waals surface area contributed by atoms with Crippen LogP contribution in [0.25, 0.3) is 10.9 Å². The molecule has 0 fully saturated rings. The summed E-state index contributed by atoms with van der Waals surface area (Å²) in [6.45, 7) is 0.368. The number of nitrogens with one attached hydrogen (secondary N) is 1. The fourth-order valence-corrected chi connectivity index (χ4v) is 1.78. The fourth-order valence-electron chi connectivity index (χ4n) is 1.78. The van der Waals surface area contributed by atoms with E-state index < -0.39 is 6.36 Å². The number of benzene rings is 1. The number of fused-ring (bicyclic) bond motifs is 1. The van der Waals surface area contributed by atoms with E-state index >= 15 is 0 Å². The molecule has 92 valence electrons. The molecular weight excluding hydrogens is 233 g/mol. The van der Waals surface area contributed by atoms with Crippen LogP contribution in [0.4, 0.5) is 13.2 Å². The van der Waals surface area contributed by atoms with Crippen molar-refractivity contribution < 1.29 is 17.9 Å². The van der Waals surface area contributed by atoms with E-state index in [2.05, 4.69) is 9.72 Å². The zero-order chi connectivity index (χ0) is 12.5. The van der Waals surface area contributed by atoms with E-state index in [1.54, 1.807) is 12.3 Å². The smallest absolute Gasteiger partial charge is 0.405 e. The van der Waals surface area contributed by atoms with E-state index in [0.717, 1.165) is 5.56 Å². The lowest BCUT2D eigenvalue weighted by molar-refractivity contribution is -0.274. The van der Waals surface area contributed by atoms with E-state index in [1.807, 2.05) is 0 Å². The quantitative estimate of drug-likeness (QED) is 0.871. The molecule has 0 atom stereocenters. The Balaban J connectivity index is 2.50. The highest BCUT2D eigenvalue weighted by Gasteiger charge is 2.32. The van der Waals surface area contributed by atoms with Gasteiger partial charge in [-0.1, -0.05) is 6.07 Å². The molecule has 0 aliphatic carbocycles. The minimum Gasteiger partial charge on any atom is -0.405 e. The van der Waals surface area contributed by atoms with Gasteiger partial charge in [-0.15, -0.1) is 13.2 Å². The van der Waals surface area contributed by atoms with E-state index in [0.29, 0.717) is 23.9 Å². The number of aromatic amines is 1. The van der Waals surface area contributed by atoms with Crippen molar-refractivity contribution in [2.24, 2.45) is 5.73 Å². The summed E-state index contributed by atoms with van der Waals surface area (Å²) in [4.78, 5) is 2.90. The van der Waals surface area contributed by atoms with Gasteiger partial charge in [0.2, 0.25) is 0 Å². The second-order valence-electron chi connectivity index (χ2n) is 3.58. The van der Waals surface area contributed by atoms with Crippen LogP contribution in [0.2, 0.25) is 0 Å². The van der Waals surface area contributed by atoms with Crippen LogP contribution in [0.1, 0.15) is 5.56 Å². The zero-order valence-electron chi connectivity index (χ0n) is 8.84. The van der Waals surface area contributed by atoms with Crippen LogP contribution in [-0.2, 0) is 6.42 Å². The Hall–Kier alpha value is -1.69. The Labute approximate surface area is 95.4 Å². The van der Waals surface area contributed by atoms with Crippen molar-refractivity contribution in [1.29, 1.82) is 0 Å². The Kier molecular flexibility index (Phi) is 2.97. The standard InChI is InChI=1S/C11H11F3N2O/c12-11(13,14)17-9-3-1-2-8-10(9)7(4-5-15)6-16-8/h1-3,6,16H,4-5,15H2. The second-order valence-corrected chi connectivity index (χ2v) is 3.58. The number of hydrogen-bond acceptors (Lipinski definition) is 2. The first-order valence-corrected chi connectivity index (χ1v) is 5.06. The molecule has 0 amide bonds. The molecule has 0 radical (unpaired) electrons. The molecule has 0 unspecified atom stereocenters. The van der Waals surface area contributed by atoms with Gasteiger partial charge in [-0.2, -0.15) is 0 Å². The first-order valence-electron chi connectivity index (χ1n) is 5.06. The summed E-state index contributed by atoms with van der Waals surface area (Å²) in [5.74, 6) is -0.195. The SMILES string of the molecule is NCCc1c[nH]c2cccc(OC(F)(F)F)c12. The molecule has 1 aromatic heterocycles. The molecule has 2 rings (SSSR count). The van der Waals surface area contributed by atoms with Crippen molar-refractivity contribution >= 4 is 10.9 Å². The molecule has 0 saturated carbocycles. The molecule has 0 bridgehead atoms. The third kappa shape index (κ3) is 2.52. The van der Waals surface area contributed by atoms with Gasteiger partial charge in [-0.25, -0.2) is 0 Å². The molecule has 1 heterocycles. The third-order valence-electron chi connectivity index (χ3n) is 2.39. The molecule has 3 N–H and O–H groups in total. The largest absolute Gasteiger partial charge is 0.573 e. The van der Waals surface area contributed by atoms with Crippen LogP contribution < -0.4 is 10.5 Å². The number of H-pyrrole nitrogens is 1. The number of rotatable bonds is 3. The predicted molar refractivity (Wildman–Crippen MR) is 57.7 cm³/mol. The van der Waals surface area contributed by atoms with Gasteiger partial charge >= 0.3 is 6.36 Å². The molecule has 0 saturated heterocycles. The Morgan fingerprint density at radius 2 is 2.06 bits per heavy atom. The number of halogens is 3. The summed E-state index contributed by atoms with van der Waals surface area (Å²) in [5, 5.41) is 0.440. The first kappa shape index (κ1) is 11.8. The molecule has 0 aliphatic rings. The van der Waals surface area contributed by atoms with Crippen LogP contribution in [0, 0.1) is 0 Å². The number of alkyl halides is 3. The maximum Gasteiger partial charge on any atom is 0.573 e. The zero-order valence-corrected chi connectivity index (χ0v) is 8.84. The van der Waals surface area contributed by atoms with Crippen LogP contribution in [0.15, 0.2) is 24.4 Å². The molecule has 1 aromatic carbocycles. The molecule has 6 heteroatoms. The van der Waals surface area contributed by atoms with E-state index in [1.165, 1.54) is 12.1 Å². The Morgan fingerprint density at radius 3 is 2.71 bits per heavy atom. The predicted octanol–water partition coefficient (Wildman–Crippen LogP) is 2.57. The van der Waals surface area contributed by atoms with Crippen LogP contribution in [0.3, 0.4) is 0 Å². The summed E-state index contributed by atoms with van der Waals surface area (Å²) in [5.41, 5.74) is 6.74. The number of ether oxygens (including phenoxy) is 1. The summed E-state index contributed by atoms with van der Waals surface area (Å²) in [7, 11) is 0. The molecule has 17 heavy (non-hydrogen) atoms. The van der Waals surface area contributed by atoms with Gasteiger partial charge in [0.15, 0.2) is 0 Å². The average molecular weight is 244 g/mol. The van der Waals surface area contributed by atoms with E-state index in [4.69, 9.17) is 5.73 Å². The second kappa shape index (κ2) is 4.29. The van der Waals surface area contributed by atoms with E-state index in [-0.39, 0.29) is 5.75 Å². The van der Waals surface area contributed by atoms with Gasteiger partial charge in [0, 0.05) is 17.1 Å². The molecule has 3 nitrogen and oxygen atoms in total. The number of aromatic nitrogens is 1. The lowest BCUT2D eigenvalue weighted by Crippen LogP contribution is -2.17. The highest BCUT2D eigenvalue weighted by atomic mass is 19.4. The third-order valence-corrected chi connectivity index (χ3v) is 2.39. The van der Waals surface area contributed by atoms with Crippen LogP contribution >= 0.6 is 0 Å². The van der Waals surface area contributed by atoms with Crippen LogP contribution in [-0.4, -0.2) is 17.9 Å². The lowest BCUT2D eigenvalue weighted by atomic mass is 10.1. The topological polar surface area (TPSA) is 51.0 Å². The van der Waals surface area contributed by atoms with Gasteiger partial charge in [0.1, 0.15) is 5.75 Å². The molecule has 0 spiro atoms. The van der Waals surface area contributed by atoms with Crippen molar-refractivity contribution in [3.63, 3.8) is 0 Å². The van der Waals surface area contributed by atoms with Crippen molar-refractivity contribution in [3.8, 4) is 5.75 Å². The summed E-state index contributed by atoms with van der Waals surface area (Å²) >= 11 is 0. The maximum atomic E-state index is 12.2.